The summed E-state index contributed by atoms with van der Waals surface area (Å²) in [5.41, 5.74) is 12.7. The largest absolute Gasteiger partial charge is 0.389 e. The Morgan fingerprint density at radius 3 is 2.79 bits per heavy atom. The highest BCUT2D eigenvalue weighted by molar-refractivity contribution is 7.80. The second-order valence-corrected chi connectivity index (χ2v) is 5.55. The van der Waals surface area contributed by atoms with Crippen molar-refractivity contribution in [3.8, 4) is 0 Å². The molecule has 1 aromatic rings. The predicted molar refractivity (Wildman–Crippen MR) is 80.0 cm³/mol. The van der Waals surface area contributed by atoms with Crippen LogP contribution in [0.2, 0.25) is 5.02 Å². The van der Waals surface area contributed by atoms with Crippen molar-refractivity contribution in [1.82, 2.24) is 4.90 Å². The number of carbonyl (C=O) groups excluding carboxylic acids is 1. The van der Waals surface area contributed by atoms with E-state index in [1.807, 2.05) is 12.1 Å². The highest BCUT2D eigenvalue weighted by Gasteiger charge is 2.29. The van der Waals surface area contributed by atoms with Crippen LogP contribution in [0.5, 0.6) is 0 Å². The van der Waals surface area contributed by atoms with E-state index in [0.29, 0.717) is 16.6 Å². The number of amides is 1. The standard InChI is InChI=1S/C13H16ClN3OS/c14-10-6-8(13(16)19)3-4-9(10)7-17-5-1-2-11(17)12(15)18/h3-4,6,11H,1-2,5,7H2,(H2,15,18)(H2,16,19). The zero-order chi connectivity index (χ0) is 14.0. The molecule has 0 radical (unpaired) electrons. The molecule has 0 aromatic heterocycles. The number of carbonyl (C=O) groups is 1. The van der Waals surface area contributed by atoms with Gasteiger partial charge in [-0.3, -0.25) is 9.69 Å². The molecule has 4 nitrogen and oxygen atoms in total. The van der Waals surface area contributed by atoms with Gasteiger partial charge in [-0.1, -0.05) is 36.0 Å². The van der Waals surface area contributed by atoms with Gasteiger partial charge >= 0.3 is 0 Å². The summed E-state index contributed by atoms with van der Waals surface area (Å²) < 4.78 is 0. The molecule has 1 atom stereocenters. The second kappa shape index (κ2) is 5.86. The van der Waals surface area contributed by atoms with Gasteiger partial charge in [-0.25, -0.2) is 0 Å². The molecule has 1 unspecified atom stereocenters. The van der Waals surface area contributed by atoms with Crippen molar-refractivity contribution in [2.75, 3.05) is 6.54 Å². The lowest BCUT2D eigenvalue weighted by Gasteiger charge is -2.22. The van der Waals surface area contributed by atoms with Crippen LogP contribution in [-0.2, 0) is 11.3 Å². The average Bonchev–Trinajstić information content (AvgIpc) is 2.79. The van der Waals surface area contributed by atoms with Crippen LogP contribution in [0.15, 0.2) is 18.2 Å². The SMILES string of the molecule is NC(=O)C1CCCN1Cc1ccc(C(N)=S)cc1Cl. The van der Waals surface area contributed by atoms with E-state index in [4.69, 9.17) is 35.3 Å². The molecular weight excluding hydrogens is 282 g/mol. The van der Waals surface area contributed by atoms with Gasteiger partial charge in [0, 0.05) is 17.1 Å². The van der Waals surface area contributed by atoms with E-state index in [2.05, 4.69) is 4.90 Å². The maximum absolute atomic E-state index is 11.3. The Labute approximate surface area is 122 Å². The van der Waals surface area contributed by atoms with Crippen molar-refractivity contribution < 1.29 is 4.79 Å². The minimum atomic E-state index is -0.270. The molecule has 2 rings (SSSR count). The predicted octanol–water partition coefficient (Wildman–Crippen LogP) is 1.42. The first-order chi connectivity index (χ1) is 8.99. The molecule has 1 aromatic carbocycles. The van der Waals surface area contributed by atoms with Crippen LogP contribution in [-0.4, -0.2) is 28.4 Å². The summed E-state index contributed by atoms with van der Waals surface area (Å²) in [6.45, 7) is 1.48. The molecule has 1 amide bonds. The molecule has 1 fully saturated rings. The molecule has 0 bridgehead atoms. The van der Waals surface area contributed by atoms with Crippen LogP contribution in [0, 0.1) is 0 Å². The van der Waals surface area contributed by atoms with E-state index in [1.54, 1.807) is 6.07 Å². The van der Waals surface area contributed by atoms with Crippen LogP contribution in [0.1, 0.15) is 24.0 Å². The Hall–Kier alpha value is -1.17. The molecule has 0 saturated carbocycles. The Balaban J connectivity index is 2.15. The lowest BCUT2D eigenvalue weighted by atomic mass is 10.1. The number of nitrogens with zero attached hydrogens (tertiary/aromatic N) is 1. The molecule has 4 N–H and O–H groups in total. The molecule has 6 heteroatoms. The zero-order valence-electron chi connectivity index (χ0n) is 10.4. The van der Waals surface area contributed by atoms with Gasteiger partial charge < -0.3 is 11.5 Å². The summed E-state index contributed by atoms with van der Waals surface area (Å²) in [6, 6.07) is 5.31. The first kappa shape index (κ1) is 14.2. The number of halogens is 1. The van der Waals surface area contributed by atoms with E-state index in [-0.39, 0.29) is 11.9 Å². The number of thiocarbonyl (C=S) groups is 1. The second-order valence-electron chi connectivity index (χ2n) is 4.70. The molecule has 0 aliphatic carbocycles. The highest BCUT2D eigenvalue weighted by atomic mass is 35.5. The van der Waals surface area contributed by atoms with Gasteiger partial charge in [-0.05, 0) is 31.0 Å². The minimum absolute atomic E-state index is 0.189. The van der Waals surface area contributed by atoms with Crippen molar-refractivity contribution in [1.29, 1.82) is 0 Å². The fourth-order valence-electron chi connectivity index (χ4n) is 2.39. The number of likely N-dealkylation sites (tertiary alicyclic amines) is 1. The molecule has 1 heterocycles. The fraction of sp³-hybridized carbons (Fsp3) is 0.385. The summed E-state index contributed by atoms with van der Waals surface area (Å²) in [5.74, 6) is -0.270. The van der Waals surface area contributed by atoms with Crippen LogP contribution in [0.4, 0.5) is 0 Å². The number of benzene rings is 1. The van der Waals surface area contributed by atoms with E-state index in [1.165, 1.54) is 0 Å². The maximum Gasteiger partial charge on any atom is 0.234 e. The molecule has 0 spiro atoms. The van der Waals surface area contributed by atoms with Gasteiger partial charge in [0.05, 0.1) is 6.04 Å². The number of nitrogens with two attached hydrogens (primary N) is 2. The van der Waals surface area contributed by atoms with Gasteiger partial charge in [0.25, 0.3) is 0 Å². The van der Waals surface area contributed by atoms with Gasteiger partial charge in [0.2, 0.25) is 5.91 Å². The van der Waals surface area contributed by atoms with E-state index >= 15 is 0 Å². The van der Waals surface area contributed by atoms with Crippen molar-refractivity contribution >= 4 is 34.7 Å². The third-order valence-corrected chi connectivity index (χ3v) is 3.99. The first-order valence-electron chi connectivity index (χ1n) is 6.10. The van der Waals surface area contributed by atoms with Crippen molar-refractivity contribution in [2.45, 2.75) is 25.4 Å². The maximum atomic E-state index is 11.3. The summed E-state index contributed by atoms with van der Waals surface area (Å²) in [7, 11) is 0. The summed E-state index contributed by atoms with van der Waals surface area (Å²) in [6.07, 6.45) is 1.80. The topological polar surface area (TPSA) is 72.4 Å². The zero-order valence-corrected chi connectivity index (χ0v) is 12.0. The molecule has 102 valence electrons. The average molecular weight is 298 g/mol. The van der Waals surface area contributed by atoms with E-state index < -0.39 is 0 Å². The Bertz CT molecular complexity index is 521. The summed E-state index contributed by atoms with van der Waals surface area (Å²) in [5, 5.41) is 0.612. The van der Waals surface area contributed by atoms with Crippen molar-refractivity contribution in [3.05, 3.63) is 34.3 Å². The lowest BCUT2D eigenvalue weighted by Crippen LogP contribution is -2.39. The van der Waals surface area contributed by atoms with Crippen LogP contribution in [0.25, 0.3) is 0 Å². The molecular formula is C13H16ClN3OS. The fourth-order valence-corrected chi connectivity index (χ4v) is 2.75. The molecule has 1 aliphatic heterocycles. The van der Waals surface area contributed by atoms with E-state index in [9.17, 15) is 4.79 Å². The number of rotatable bonds is 4. The summed E-state index contributed by atoms with van der Waals surface area (Å²) >= 11 is 11.1. The highest BCUT2D eigenvalue weighted by Crippen LogP contribution is 2.24. The van der Waals surface area contributed by atoms with Crippen molar-refractivity contribution in [3.63, 3.8) is 0 Å². The normalized spacial score (nSPS) is 19.5. The number of primary amides is 1. The van der Waals surface area contributed by atoms with E-state index in [0.717, 1.165) is 30.5 Å². The molecule has 19 heavy (non-hydrogen) atoms. The quantitative estimate of drug-likeness (QED) is 0.825. The third kappa shape index (κ3) is 3.23. The Morgan fingerprint density at radius 2 is 2.21 bits per heavy atom. The van der Waals surface area contributed by atoms with Gasteiger partial charge in [0.15, 0.2) is 0 Å². The van der Waals surface area contributed by atoms with Gasteiger partial charge in [-0.2, -0.15) is 0 Å². The van der Waals surface area contributed by atoms with Crippen LogP contribution < -0.4 is 11.5 Å². The first-order valence-corrected chi connectivity index (χ1v) is 6.89. The molecule has 1 saturated heterocycles. The lowest BCUT2D eigenvalue weighted by molar-refractivity contribution is -0.122. The van der Waals surface area contributed by atoms with Crippen LogP contribution >= 0.6 is 23.8 Å². The molecule has 1 aliphatic rings. The minimum Gasteiger partial charge on any atom is -0.389 e. The Morgan fingerprint density at radius 1 is 1.47 bits per heavy atom. The van der Waals surface area contributed by atoms with Gasteiger partial charge in [0.1, 0.15) is 4.99 Å². The number of hydrogen-bond donors (Lipinski definition) is 2. The van der Waals surface area contributed by atoms with Crippen molar-refractivity contribution in [2.24, 2.45) is 11.5 Å². The van der Waals surface area contributed by atoms with Crippen LogP contribution in [0.3, 0.4) is 0 Å². The summed E-state index contributed by atoms with van der Waals surface area (Å²) in [4.78, 5) is 13.7. The number of hydrogen-bond acceptors (Lipinski definition) is 3. The third-order valence-electron chi connectivity index (χ3n) is 3.40. The van der Waals surface area contributed by atoms with Gasteiger partial charge in [-0.15, -0.1) is 0 Å². The smallest absolute Gasteiger partial charge is 0.234 e. The monoisotopic (exact) mass is 297 g/mol. The Kier molecular flexibility index (Phi) is 4.39.